The van der Waals surface area contributed by atoms with Gasteiger partial charge in [-0.1, -0.05) is 37.3 Å². The number of piperidine rings is 1. The Kier molecular flexibility index (Phi) is 7.71. The Morgan fingerprint density at radius 2 is 1.77 bits per heavy atom. The van der Waals surface area contributed by atoms with Gasteiger partial charge in [0.1, 0.15) is 5.75 Å². The monoisotopic (exact) mass is 409 g/mol. The van der Waals surface area contributed by atoms with Crippen LogP contribution >= 0.6 is 0 Å². The summed E-state index contributed by atoms with van der Waals surface area (Å²) in [5.41, 5.74) is 2.71. The van der Waals surface area contributed by atoms with Gasteiger partial charge in [0.2, 0.25) is 5.91 Å². The Hall–Kier alpha value is -3.02. The van der Waals surface area contributed by atoms with Crippen molar-refractivity contribution in [1.82, 2.24) is 10.6 Å². The number of nitrogens with zero attached hydrogens (tertiary/aromatic N) is 1. The van der Waals surface area contributed by atoms with Gasteiger partial charge in [0.05, 0.1) is 12.7 Å². The molecule has 0 aromatic heterocycles. The Balaban J connectivity index is 1.58. The second-order valence-corrected chi connectivity index (χ2v) is 7.52. The fraction of sp³-hybridized carbons (Fsp3) is 0.417. The molecule has 0 radical (unpaired) electrons. The topological polar surface area (TPSA) is 70.7 Å². The van der Waals surface area contributed by atoms with Crippen molar-refractivity contribution in [3.63, 3.8) is 0 Å². The van der Waals surface area contributed by atoms with Crippen LogP contribution in [0.15, 0.2) is 48.5 Å². The molecule has 1 saturated heterocycles. The third kappa shape index (κ3) is 5.53. The maximum absolute atomic E-state index is 12.9. The highest BCUT2D eigenvalue weighted by molar-refractivity contribution is 5.99. The highest BCUT2D eigenvalue weighted by atomic mass is 16.5. The van der Waals surface area contributed by atoms with E-state index in [9.17, 15) is 9.59 Å². The van der Waals surface area contributed by atoms with Gasteiger partial charge in [-0.2, -0.15) is 0 Å². The molecule has 1 fully saturated rings. The summed E-state index contributed by atoms with van der Waals surface area (Å²) in [6, 6.07) is 15.8. The number of amides is 2. The number of hydrogen-bond donors (Lipinski definition) is 2. The van der Waals surface area contributed by atoms with Gasteiger partial charge in [0.25, 0.3) is 5.91 Å². The first-order valence-corrected chi connectivity index (χ1v) is 10.7. The summed E-state index contributed by atoms with van der Waals surface area (Å²) < 4.78 is 5.38. The molecular formula is C24H31N3O3. The molecule has 0 aliphatic carbocycles. The number of hydrogen-bond acceptors (Lipinski definition) is 4. The summed E-state index contributed by atoms with van der Waals surface area (Å²) in [5, 5.41) is 6.12. The summed E-state index contributed by atoms with van der Waals surface area (Å²) >= 11 is 0. The molecule has 6 nitrogen and oxygen atoms in total. The summed E-state index contributed by atoms with van der Waals surface area (Å²) in [5.74, 6) is 0.871. The second-order valence-electron chi connectivity index (χ2n) is 7.52. The molecule has 2 aromatic rings. The number of methoxy groups -OCH3 is 1. The number of para-hydroxylation sites is 2. The van der Waals surface area contributed by atoms with Crippen molar-refractivity contribution in [2.75, 3.05) is 31.6 Å². The molecule has 0 atom stereocenters. The summed E-state index contributed by atoms with van der Waals surface area (Å²) in [6.07, 6.45) is 2.99. The third-order valence-corrected chi connectivity index (χ3v) is 5.54. The average molecular weight is 410 g/mol. The second kappa shape index (κ2) is 10.7. The van der Waals surface area contributed by atoms with Crippen LogP contribution in [0.5, 0.6) is 5.75 Å². The molecule has 30 heavy (non-hydrogen) atoms. The van der Waals surface area contributed by atoms with Crippen LogP contribution in [0.1, 0.15) is 42.1 Å². The van der Waals surface area contributed by atoms with E-state index in [1.165, 1.54) is 0 Å². The van der Waals surface area contributed by atoms with E-state index in [-0.39, 0.29) is 17.9 Å². The lowest BCUT2D eigenvalue weighted by Crippen LogP contribution is -2.45. The van der Waals surface area contributed by atoms with E-state index in [1.807, 2.05) is 55.5 Å². The van der Waals surface area contributed by atoms with Crippen molar-refractivity contribution in [1.29, 1.82) is 0 Å². The minimum atomic E-state index is -0.0677. The van der Waals surface area contributed by atoms with Crippen LogP contribution in [0.4, 0.5) is 5.69 Å². The number of benzene rings is 2. The van der Waals surface area contributed by atoms with E-state index < -0.39 is 0 Å². The lowest BCUT2D eigenvalue weighted by Gasteiger charge is -2.34. The van der Waals surface area contributed by atoms with Gasteiger partial charge in [-0.3, -0.25) is 9.59 Å². The average Bonchev–Trinajstić information content (AvgIpc) is 2.79. The van der Waals surface area contributed by atoms with Gasteiger partial charge in [-0.25, -0.2) is 0 Å². The van der Waals surface area contributed by atoms with Crippen LogP contribution in [-0.2, 0) is 11.2 Å². The number of carbonyl (C=O) groups is 2. The molecule has 0 bridgehead atoms. The predicted octanol–water partition coefficient (Wildman–Crippen LogP) is 3.16. The predicted molar refractivity (Wildman–Crippen MR) is 119 cm³/mol. The van der Waals surface area contributed by atoms with Crippen LogP contribution < -0.4 is 20.3 Å². The summed E-state index contributed by atoms with van der Waals surface area (Å²) in [6.45, 7) is 4.05. The van der Waals surface area contributed by atoms with Crippen LogP contribution in [0, 0.1) is 0 Å². The number of anilines is 1. The molecule has 3 rings (SSSR count). The van der Waals surface area contributed by atoms with Crippen molar-refractivity contribution in [3.8, 4) is 5.75 Å². The smallest absolute Gasteiger partial charge is 0.253 e. The maximum atomic E-state index is 12.9. The highest BCUT2D eigenvalue weighted by Crippen LogP contribution is 2.24. The first kappa shape index (κ1) is 21.7. The number of ether oxygens (including phenoxy) is 1. The Labute approximate surface area is 178 Å². The van der Waals surface area contributed by atoms with Crippen LogP contribution in [0.2, 0.25) is 0 Å². The minimum absolute atomic E-state index is 0.0677. The van der Waals surface area contributed by atoms with Gasteiger partial charge < -0.3 is 20.3 Å². The SMILES string of the molecule is CCC(=O)NC1CCN(c2ccccc2C(=O)NCCc2ccccc2OC)CC1. The van der Waals surface area contributed by atoms with E-state index in [0.29, 0.717) is 24.9 Å². The van der Waals surface area contributed by atoms with Crippen LogP contribution in [-0.4, -0.2) is 44.6 Å². The summed E-state index contributed by atoms with van der Waals surface area (Å²) in [4.78, 5) is 26.7. The highest BCUT2D eigenvalue weighted by Gasteiger charge is 2.23. The Morgan fingerprint density at radius 1 is 1.07 bits per heavy atom. The minimum Gasteiger partial charge on any atom is -0.496 e. The molecule has 160 valence electrons. The molecule has 6 heteroatoms. The zero-order chi connectivity index (χ0) is 21.3. The van der Waals surface area contributed by atoms with Crippen molar-refractivity contribution in [2.24, 2.45) is 0 Å². The van der Waals surface area contributed by atoms with Crippen molar-refractivity contribution in [3.05, 3.63) is 59.7 Å². The molecule has 0 saturated carbocycles. The quantitative estimate of drug-likeness (QED) is 0.703. The molecule has 2 N–H and O–H groups in total. The van der Waals surface area contributed by atoms with Gasteiger partial charge in [0.15, 0.2) is 0 Å². The molecule has 2 aromatic carbocycles. The van der Waals surface area contributed by atoms with Gasteiger partial charge in [-0.05, 0) is 43.0 Å². The largest absolute Gasteiger partial charge is 0.496 e. The van der Waals surface area contributed by atoms with Gasteiger partial charge in [0, 0.05) is 37.8 Å². The zero-order valence-corrected chi connectivity index (χ0v) is 17.8. The van der Waals surface area contributed by atoms with Gasteiger partial charge in [-0.15, -0.1) is 0 Å². The lowest BCUT2D eigenvalue weighted by molar-refractivity contribution is -0.121. The van der Waals surface area contributed by atoms with Crippen LogP contribution in [0.25, 0.3) is 0 Å². The Morgan fingerprint density at radius 3 is 2.50 bits per heavy atom. The van der Waals surface area contributed by atoms with Crippen LogP contribution in [0.3, 0.4) is 0 Å². The van der Waals surface area contributed by atoms with E-state index in [1.54, 1.807) is 7.11 Å². The van der Waals surface area contributed by atoms with E-state index >= 15 is 0 Å². The zero-order valence-electron chi connectivity index (χ0n) is 17.8. The fourth-order valence-electron chi connectivity index (χ4n) is 3.85. The molecule has 2 amide bonds. The van der Waals surface area contributed by atoms with Crippen molar-refractivity contribution < 1.29 is 14.3 Å². The molecule has 0 unspecified atom stereocenters. The molecule has 1 aliphatic rings. The van der Waals surface area contributed by atoms with Crippen molar-refractivity contribution >= 4 is 17.5 Å². The standard InChI is InChI=1S/C24H31N3O3/c1-3-23(28)26-19-13-16-27(17-14-19)21-10-6-5-9-20(21)24(29)25-15-12-18-8-4-7-11-22(18)30-2/h4-11,19H,3,12-17H2,1-2H3,(H,25,29)(H,26,28). The van der Waals surface area contributed by atoms with E-state index in [0.717, 1.165) is 42.9 Å². The molecule has 1 heterocycles. The summed E-state index contributed by atoms with van der Waals surface area (Å²) in [7, 11) is 1.66. The van der Waals surface area contributed by atoms with E-state index in [2.05, 4.69) is 15.5 Å². The molecular weight excluding hydrogens is 378 g/mol. The van der Waals surface area contributed by atoms with Crippen molar-refractivity contribution in [2.45, 2.75) is 38.6 Å². The molecule has 1 aliphatic heterocycles. The fourth-order valence-corrected chi connectivity index (χ4v) is 3.85. The number of nitrogens with one attached hydrogen (secondary N) is 2. The molecule has 0 spiro atoms. The first-order valence-electron chi connectivity index (χ1n) is 10.7. The normalized spacial score (nSPS) is 14.3. The number of carbonyl (C=O) groups excluding carboxylic acids is 2. The first-order chi connectivity index (χ1) is 14.6. The maximum Gasteiger partial charge on any atom is 0.253 e. The van der Waals surface area contributed by atoms with E-state index in [4.69, 9.17) is 4.74 Å². The third-order valence-electron chi connectivity index (χ3n) is 5.54. The number of rotatable bonds is 8. The Bertz CT molecular complexity index is 860. The lowest BCUT2D eigenvalue weighted by atomic mass is 10.0. The van der Waals surface area contributed by atoms with Gasteiger partial charge >= 0.3 is 0 Å².